The number of aromatic nitrogens is 3. The summed E-state index contributed by atoms with van der Waals surface area (Å²) >= 11 is 0. The van der Waals surface area contributed by atoms with Crippen molar-refractivity contribution in [3.05, 3.63) is 35.4 Å². The molecule has 2 rings (SSSR count). The van der Waals surface area contributed by atoms with Crippen molar-refractivity contribution in [1.82, 2.24) is 20.5 Å². The second-order valence-electron chi connectivity index (χ2n) is 3.61. The fourth-order valence-electron chi connectivity index (χ4n) is 1.40. The van der Waals surface area contributed by atoms with Gasteiger partial charge in [-0.3, -0.25) is 5.10 Å². The van der Waals surface area contributed by atoms with Gasteiger partial charge in [-0.15, -0.1) is 5.10 Å². The summed E-state index contributed by atoms with van der Waals surface area (Å²) in [6.07, 6.45) is 1.50. The van der Waals surface area contributed by atoms with Gasteiger partial charge in [0.25, 0.3) is 5.88 Å². The van der Waals surface area contributed by atoms with Crippen LogP contribution in [0.25, 0.3) is 0 Å². The molecule has 0 fully saturated rings. The standard InChI is InChI=1S/C11H13FN4O/c1-7-5-9(16-15-7)17-11-10(12)8(6-13-2)3-4-14-11/h3-5,13H,6H2,1-2H3,(H,15,16). The Labute approximate surface area is 98.0 Å². The van der Waals surface area contributed by atoms with Gasteiger partial charge in [-0.2, -0.15) is 0 Å². The molecule has 0 aliphatic heterocycles. The fraction of sp³-hybridized carbons (Fsp3) is 0.273. The number of nitrogens with one attached hydrogen (secondary N) is 2. The minimum Gasteiger partial charge on any atom is -0.416 e. The maximum atomic E-state index is 13.9. The van der Waals surface area contributed by atoms with Crippen molar-refractivity contribution in [2.45, 2.75) is 13.5 Å². The van der Waals surface area contributed by atoms with Crippen molar-refractivity contribution in [2.24, 2.45) is 0 Å². The predicted octanol–water partition coefficient (Wildman–Crippen LogP) is 1.76. The Morgan fingerprint density at radius 1 is 1.53 bits per heavy atom. The van der Waals surface area contributed by atoms with Crippen LogP contribution in [-0.4, -0.2) is 22.2 Å². The Balaban J connectivity index is 2.23. The Morgan fingerprint density at radius 2 is 2.35 bits per heavy atom. The topological polar surface area (TPSA) is 62.8 Å². The van der Waals surface area contributed by atoms with Crippen LogP contribution in [0.3, 0.4) is 0 Å². The lowest BCUT2D eigenvalue weighted by Crippen LogP contribution is -2.08. The van der Waals surface area contributed by atoms with Crippen LogP contribution < -0.4 is 10.1 Å². The minimum absolute atomic E-state index is 0.0655. The Hall–Kier alpha value is -1.95. The molecular formula is C11H13FN4O. The number of hydrogen-bond acceptors (Lipinski definition) is 4. The molecule has 90 valence electrons. The second kappa shape index (κ2) is 4.92. The maximum Gasteiger partial charge on any atom is 0.257 e. The molecule has 17 heavy (non-hydrogen) atoms. The number of aryl methyl sites for hydroxylation is 1. The molecule has 0 saturated carbocycles. The van der Waals surface area contributed by atoms with E-state index in [1.165, 1.54) is 6.20 Å². The first-order chi connectivity index (χ1) is 8.20. The summed E-state index contributed by atoms with van der Waals surface area (Å²) in [6.45, 7) is 2.26. The van der Waals surface area contributed by atoms with Crippen molar-refractivity contribution >= 4 is 0 Å². The van der Waals surface area contributed by atoms with E-state index in [2.05, 4.69) is 20.5 Å². The highest BCUT2D eigenvalue weighted by Gasteiger charge is 2.12. The van der Waals surface area contributed by atoms with E-state index in [9.17, 15) is 4.39 Å². The lowest BCUT2D eigenvalue weighted by molar-refractivity contribution is 0.404. The molecule has 2 N–H and O–H groups in total. The zero-order valence-electron chi connectivity index (χ0n) is 9.62. The van der Waals surface area contributed by atoms with Crippen molar-refractivity contribution < 1.29 is 9.13 Å². The summed E-state index contributed by atoms with van der Waals surface area (Å²) in [6, 6.07) is 3.28. The molecule has 0 unspecified atom stereocenters. The van der Waals surface area contributed by atoms with Crippen LogP contribution in [0, 0.1) is 12.7 Å². The quantitative estimate of drug-likeness (QED) is 0.849. The zero-order valence-corrected chi connectivity index (χ0v) is 9.62. The van der Waals surface area contributed by atoms with Crippen molar-refractivity contribution in [3.8, 4) is 11.8 Å². The van der Waals surface area contributed by atoms with E-state index >= 15 is 0 Å². The smallest absolute Gasteiger partial charge is 0.257 e. The highest BCUT2D eigenvalue weighted by atomic mass is 19.1. The summed E-state index contributed by atoms with van der Waals surface area (Å²) in [5.74, 6) is -0.234. The van der Waals surface area contributed by atoms with Crippen LogP contribution in [0.2, 0.25) is 0 Å². The highest BCUT2D eigenvalue weighted by molar-refractivity contribution is 5.27. The van der Waals surface area contributed by atoms with Gasteiger partial charge in [0.2, 0.25) is 5.88 Å². The number of aromatic amines is 1. The maximum absolute atomic E-state index is 13.9. The van der Waals surface area contributed by atoms with E-state index in [-0.39, 0.29) is 5.88 Å². The van der Waals surface area contributed by atoms with Gasteiger partial charge in [0.15, 0.2) is 5.82 Å². The van der Waals surface area contributed by atoms with Crippen LogP contribution in [0.1, 0.15) is 11.3 Å². The molecule has 0 spiro atoms. The van der Waals surface area contributed by atoms with Crippen LogP contribution >= 0.6 is 0 Å². The molecule has 0 radical (unpaired) electrons. The van der Waals surface area contributed by atoms with Crippen LogP contribution in [0.5, 0.6) is 11.8 Å². The number of pyridine rings is 1. The van der Waals surface area contributed by atoms with Gasteiger partial charge in [0.05, 0.1) is 0 Å². The monoisotopic (exact) mass is 236 g/mol. The summed E-state index contributed by atoms with van der Waals surface area (Å²) in [4.78, 5) is 3.85. The van der Waals surface area contributed by atoms with Gasteiger partial charge >= 0.3 is 0 Å². The van der Waals surface area contributed by atoms with E-state index < -0.39 is 5.82 Å². The van der Waals surface area contributed by atoms with E-state index in [0.717, 1.165) is 5.69 Å². The summed E-state index contributed by atoms with van der Waals surface area (Å²) < 4.78 is 19.1. The third-order valence-electron chi connectivity index (χ3n) is 2.19. The molecule has 0 bridgehead atoms. The molecular weight excluding hydrogens is 223 g/mol. The SMILES string of the molecule is CNCc1ccnc(Oc2cc(C)[nH]n2)c1F. The van der Waals surface area contributed by atoms with Crippen molar-refractivity contribution in [1.29, 1.82) is 0 Å². The van der Waals surface area contributed by atoms with Gasteiger partial charge in [0.1, 0.15) is 0 Å². The summed E-state index contributed by atoms with van der Waals surface area (Å²) in [5, 5.41) is 9.44. The number of H-pyrrole nitrogens is 1. The molecule has 0 aromatic carbocycles. The lowest BCUT2D eigenvalue weighted by atomic mass is 10.2. The first-order valence-corrected chi connectivity index (χ1v) is 5.18. The van der Waals surface area contributed by atoms with E-state index in [4.69, 9.17) is 4.74 Å². The molecule has 6 heteroatoms. The van der Waals surface area contributed by atoms with Crippen molar-refractivity contribution in [2.75, 3.05) is 7.05 Å². The number of hydrogen-bond donors (Lipinski definition) is 2. The number of ether oxygens (including phenoxy) is 1. The average Bonchev–Trinajstić information content (AvgIpc) is 2.70. The van der Waals surface area contributed by atoms with Crippen LogP contribution in [-0.2, 0) is 6.54 Å². The number of nitrogens with zero attached hydrogens (tertiary/aromatic N) is 2. The fourth-order valence-corrected chi connectivity index (χ4v) is 1.40. The Kier molecular flexibility index (Phi) is 3.34. The predicted molar refractivity (Wildman–Crippen MR) is 60.4 cm³/mol. The number of rotatable bonds is 4. The number of halogens is 1. The minimum atomic E-state index is -0.470. The van der Waals surface area contributed by atoms with Crippen molar-refractivity contribution in [3.63, 3.8) is 0 Å². The summed E-state index contributed by atoms with van der Waals surface area (Å²) in [7, 11) is 1.75. The molecule has 0 saturated heterocycles. The molecule has 0 atom stereocenters. The van der Waals surface area contributed by atoms with E-state index in [1.54, 1.807) is 19.2 Å². The van der Waals surface area contributed by atoms with Gasteiger partial charge in [-0.25, -0.2) is 9.37 Å². The summed E-state index contributed by atoms with van der Waals surface area (Å²) in [5.41, 5.74) is 1.34. The van der Waals surface area contributed by atoms with Gasteiger partial charge < -0.3 is 10.1 Å². The molecule has 2 aromatic heterocycles. The second-order valence-corrected chi connectivity index (χ2v) is 3.61. The first kappa shape index (κ1) is 11.5. The average molecular weight is 236 g/mol. The molecule has 0 aliphatic rings. The zero-order chi connectivity index (χ0) is 12.3. The third kappa shape index (κ3) is 2.59. The van der Waals surface area contributed by atoms with Gasteiger partial charge in [-0.05, 0) is 20.0 Å². The van der Waals surface area contributed by atoms with Gasteiger partial charge in [0, 0.05) is 30.1 Å². The van der Waals surface area contributed by atoms with E-state index in [1.807, 2.05) is 6.92 Å². The Morgan fingerprint density at radius 3 is 3.00 bits per heavy atom. The van der Waals surface area contributed by atoms with Gasteiger partial charge in [-0.1, -0.05) is 0 Å². The molecule has 2 heterocycles. The first-order valence-electron chi connectivity index (χ1n) is 5.18. The highest BCUT2D eigenvalue weighted by Crippen LogP contribution is 2.22. The third-order valence-corrected chi connectivity index (χ3v) is 2.19. The largest absolute Gasteiger partial charge is 0.416 e. The lowest BCUT2D eigenvalue weighted by Gasteiger charge is -2.06. The van der Waals surface area contributed by atoms with Crippen LogP contribution in [0.15, 0.2) is 18.3 Å². The Bertz CT molecular complexity index is 512. The normalized spacial score (nSPS) is 10.5. The molecule has 5 nitrogen and oxygen atoms in total. The van der Waals surface area contributed by atoms with Crippen LogP contribution in [0.4, 0.5) is 4.39 Å². The molecule has 2 aromatic rings. The molecule has 0 amide bonds. The molecule has 0 aliphatic carbocycles. The van der Waals surface area contributed by atoms with E-state index in [0.29, 0.717) is 18.0 Å².